The van der Waals surface area contributed by atoms with Crippen LogP contribution < -0.4 is 10.2 Å². The molecule has 0 bridgehead atoms. The number of amides is 1. The molecule has 0 radical (unpaired) electrons. The number of benzene rings is 1. The second-order valence-electron chi connectivity index (χ2n) is 7.53. The van der Waals surface area contributed by atoms with Crippen molar-refractivity contribution in [3.05, 3.63) is 29.8 Å². The lowest BCUT2D eigenvalue weighted by Gasteiger charge is -2.32. The number of anilines is 1. The Morgan fingerprint density at radius 2 is 1.64 bits per heavy atom. The van der Waals surface area contributed by atoms with E-state index in [0.717, 1.165) is 44.6 Å². The third kappa shape index (κ3) is 3.02. The molecule has 2 fully saturated rings. The third-order valence-corrected chi connectivity index (χ3v) is 5.12. The molecule has 1 aromatic rings. The highest BCUT2D eigenvalue weighted by Gasteiger charge is 2.47. The molecular weight excluding hydrogens is 296 g/mol. The number of nitrogens with zero attached hydrogens (tertiary/aromatic N) is 1. The van der Waals surface area contributed by atoms with Crippen molar-refractivity contribution in [2.45, 2.75) is 45.4 Å². The second-order valence-corrected chi connectivity index (χ2v) is 7.53. The van der Waals surface area contributed by atoms with Crippen LogP contribution in [0.3, 0.4) is 0 Å². The summed E-state index contributed by atoms with van der Waals surface area (Å²) in [5, 5.41) is 3.36. The highest BCUT2D eigenvalue weighted by Crippen LogP contribution is 2.41. The van der Waals surface area contributed by atoms with Crippen LogP contribution in [-0.2, 0) is 10.2 Å². The van der Waals surface area contributed by atoms with Gasteiger partial charge >= 0.3 is 0 Å². The van der Waals surface area contributed by atoms with Gasteiger partial charge in [0.15, 0.2) is 0 Å². The van der Waals surface area contributed by atoms with Crippen molar-refractivity contribution < 1.29 is 4.79 Å². The van der Waals surface area contributed by atoms with Crippen LogP contribution in [0.4, 0.5) is 5.69 Å². The first-order valence-electron chi connectivity index (χ1n) is 8.06. The number of nitrogens with one attached hydrogen (secondary N) is 1. The summed E-state index contributed by atoms with van der Waals surface area (Å²) in [6, 6.07) is 8.54. The number of hydrogen-bond donors (Lipinski definition) is 1. The number of piperidine rings is 1. The van der Waals surface area contributed by atoms with E-state index in [4.69, 9.17) is 0 Å². The van der Waals surface area contributed by atoms with E-state index < -0.39 is 0 Å². The standard InChI is InChI=1S/C18H26N2O.ClH/c1-17(2,3)14-4-6-15(7-5-14)20-13-10-18(16(20)21)8-11-19-12-9-18;/h4-7,19H,8-13H2,1-3H3;1H. The number of carbonyl (C=O) groups excluding carboxylic acids is 1. The van der Waals surface area contributed by atoms with Crippen molar-refractivity contribution in [1.82, 2.24) is 5.32 Å². The van der Waals surface area contributed by atoms with Crippen LogP contribution in [0.1, 0.15) is 45.6 Å². The Bertz CT molecular complexity index is 527. The quantitative estimate of drug-likeness (QED) is 0.858. The lowest BCUT2D eigenvalue weighted by Crippen LogP contribution is -2.42. The van der Waals surface area contributed by atoms with E-state index >= 15 is 0 Å². The fraction of sp³-hybridized carbons (Fsp3) is 0.611. The maximum Gasteiger partial charge on any atom is 0.233 e. The van der Waals surface area contributed by atoms with Crippen LogP contribution in [0.5, 0.6) is 0 Å². The molecule has 1 amide bonds. The molecule has 2 saturated heterocycles. The van der Waals surface area contributed by atoms with Gasteiger partial charge in [-0.05, 0) is 55.5 Å². The van der Waals surface area contributed by atoms with Crippen molar-refractivity contribution >= 4 is 24.0 Å². The number of rotatable bonds is 1. The van der Waals surface area contributed by atoms with Gasteiger partial charge in [-0.15, -0.1) is 12.4 Å². The van der Waals surface area contributed by atoms with Crippen molar-refractivity contribution in [2.24, 2.45) is 5.41 Å². The first-order chi connectivity index (χ1) is 9.92. The van der Waals surface area contributed by atoms with Crippen LogP contribution >= 0.6 is 12.4 Å². The van der Waals surface area contributed by atoms with E-state index in [1.807, 2.05) is 4.90 Å². The molecule has 1 N–H and O–H groups in total. The summed E-state index contributed by atoms with van der Waals surface area (Å²) in [6.45, 7) is 9.46. The minimum absolute atomic E-state index is 0. The largest absolute Gasteiger partial charge is 0.317 e. The Balaban J connectivity index is 0.00000176. The Labute approximate surface area is 139 Å². The number of halogens is 1. The van der Waals surface area contributed by atoms with Gasteiger partial charge in [-0.3, -0.25) is 4.79 Å². The molecule has 122 valence electrons. The maximum atomic E-state index is 12.9. The minimum atomic E-state index is -0.0893. The number of hydrogen-bond acceptors (Lipinski definition) is 2. The zero-order valence-electron chi connectivity index (χ0n) is 13.8. The molecule has 2 aliphatic rings. The monoisotopic (exact) mass is 322 g/mol. The van der Waals surface area contributed by atoms with Gasteiger partial charge in [-0.25, -0.2) is 0 Å². The predicted octanol–water partition coefficient (Wildman–Crippen LogP) is 3.51. The van der Waals surface area contributed by atoms with E-state index in [-0.39, 0.29) is 23.2 Å². The molecule has 3 rings (SSSR count). The molecule has 0 saturated carbocycles. The molecule has 1 aromatic carbocycles. The molecule has 0 atom stereocenters. The van der Waals surface area contributed by atoms with Crippen molar-refractivity contribution in [3.63, 3.8) is 0 Å². The fourth-order valence-corrected chi connectivity index (χ4v) is 3.58. The van der Waals surface area contributed by atoms with Crippen molar-refractivity contribution in [2.75, 3.05) is 24.5 Å². The van der Waals surface area contributed by atoms with Gasteiger partial charge in [0.2, 0.25) is 5.91 Å². The Hall–Kier alpha value is -1.06. The minimum Gasteiger partial charge on any atom is -0.317 e. The van der Waals surface area contributed by atoms with E-state index in [0.29, 0.717) is 5.91 Å². The summed E-state index contributed by atoms with van der Waals surface area (Å²) in [7, 11) is 0. The van der Waals surface area contributed by atoms with Gasteiger partial charge in [-0.1, -0.05) is 32.9 Å². The molecule has 3 nitrogen and oxygen atoms in total. The summed E-state index contributed by atoms with van der Waals surface area (Å²) >= 11 is 0. The third-order valence-electron chi connectivity index (χ3n) is 5.12. The summed E-state index contributed by atoms with van der Waals surface area (Å²) < 4.78 is 0. The predicted molar refractivity (Wildman–Crippen MR) is 93.9 cm³/mol. The Kier molecular flexibility index (Phi) is 4.88. The average Bonchev–Trinajstić information content (AvgIpc) is 2.76. The van der Waals surface area contributed by atoms with Crippen molar-refractivity contribution in [3.8, 4) is 0 Å². The maximum absolute atomic E-state index is 12.9. The topological polar surface area (TPSA) is 32.3 Å². The van der Waals surface area contributed by atoms with Gasteiger partial charge in [-0.2, -0.15) is 0 Å². The fourth-order valence-electron chi connectivity index (χ4n) is 3.58. The molecule has 2 heterocycles. The summed E-state index contributed by atoms with van der Waals surface area (Å²) in [5.74, 6) is 0.340. The molecule has 4 heteroatoms. The van der Waals surface area contributed by atoms with Crippen LogP contribution in [0, 0.1) is 5.41 Å². The van der Waals surface area contributed by atoms with Gasteiger partial charge in [0.1, 0.15) is 0 Å². The number of carbonyl (C=O) groups is 1. The highest BCUT2D eigenvalue weighted by molar-refractivity contribution is 6.00. The normalized spacial score (nSPS) is 21.0. The first kappa shape index (κ1) is 17.3. The Morgan fingerprint density at radius 1 is 1.05 bits per heavy atom. The summed E-state index contributed by atoms with van der Waals surface area (Å²) in [6.07, 6.45) is 2.99. The van der Waals surface area contributed by atoms with Crippen LogP contribution in [0.15, 0.2) is 24.3 Å². The molecule has 0 aliphatic carbocycles. The molecule has 22 heavy (non-hydrogen) atoms. The molecule has 0 aromatic heterocycles. The van der Waals surface area contributed by atoms with Crippen LogP contribution in [0.25, 0.3) is 0 Å². The van der Waals surface area contributed by atoms with Gasteiger partial charge in [0.05, 0.1) is 5.41 Å². The lowest BCUT2D eigenvalue weighted by atomic mass is 9.77. The van der Waals surface area contributed by atoms with Gasteiger partial charge in [0.25, 0.3) is 0 Å². The Morgan fingerprint density at radius 3 is 2.18 bits per heavy atom. The zero-order valence-corrected chi connectivity index (χ0v) is 14.6. The lowest BCUT2D eigenvalue weighted by molar-refractivity contribution is -0.126. The van der Waals surface area contributed by atoms with Crippen molar-refractivity contribution in [1.29, 1.82) is 0 Å². The van der Waals surface area contributed by atoms with Gasteiger partial charge in [0, 0.05) is 12.2 Å². The second kappa shape index (κ2) is 6.21. The van der Waals surface area contributed by atoms with E-state index in [1.165, 1.54) is 5.56 Å². The smallest absolute Gasteiger partial charge is 0.233 e. The average molecular weight is 323 g/mol. The van der Waals surface area contributed by atoms with Crippen LogP contribution in [0.2, 0.25) is 0 Å². The van der Waals surface area contributed by atoms with Crippen LogP contribution in [-0.4, -0.2) is 25.5 Å². The molecular formula is C18H27ClN2O. The zero-order chi connectivity index (χ0) is 15.1. The summed E-state index contributed by atoms with van der Waals surface area (Å²) in [4.78, 5) is 14.9. The molecule has 0 unspecified atom stereocenters. The SMILES string of the molecule is CC(C)(C)c1ccc(N2CCC3(CCNCC3)C2=O)cc1.Cl. The first-order valence-corrected chi connectivity index (χ1v) is 8.06. The highest BCUT2D eigenvalue weighted by atomic mass is 35.5. The van der Waals surface area contributed by atoms with E-state index in [9.17, 15) is 4.79 Å². The van der Waals surface area contributed by atoms with E-state index in [2.05, 4.69) is 50.4 Å². The van der Waals surface area contributed by atoms with Gasteiger partial charge < -0.3 is 10.2 Å². The molecule has 2 aliphatic heterocycles. The van der Waals surface area contributed by atoms with E-state index in [1.54, 1.807) is 0 Å². The summed E-state index contributed by atoms with van der Waals surface area (Å²) in [5.41, 5.74) is 2.44. The molecule has 1 spiro atoms.